The van der Waals surface area contributed by atoms with Crippen molar-refractivity contribution < 1.29 is 19.4 Å². The highest BCUT2D eigenvalue weighted by atomic mass is 35.5. The molecule has 0 saturated heterocycles. The number of carboxylic acid groups (broad SMARTS) is 1. The molecule has 0 amide bonds. The molecule has 0 radical (unpaired) electrons. The van der Waals surface area contributed by atoms with Crippen LogP contribution in [0.15, 0.2) is 18.2 Å². The van der Waals surface area contributed by atoms with E-state index in [2.05, 4.69) is 0 Å². The van der Waals surface area contributed by atoms with Gasteiger partial charge < -0.3 is 15.6 Å². The Morgan fingerprint density at radius 1 is 1.53 bits per heavy atom. The highest BCUT2D eigenvalue weighted by Crippen LogP contribution is 2.24. The number of hydrogen-bond donors (Lipinski definition) is 2. The second kappa shape index (κ2) is 5.65. The SMILES string of the molecule is COc1ccc(Cl)cc1C(=O)CC(N)C(=O)O. The number of aliphatic carboxylic acids is 1. The predicted octanol–water partition coefficient (Wildman–Crippen LogP) is 1.33. The molecule has 1 aromatic carbocycles. The fraction of sp³-hybridized carbons (Fsp3) is 0.273. The fourth-order valence-electron chi connectivity index (χ4n) is 1.30. The minimum atomic E-state index is -1.23. The minimum absolute atomic E-state index is 0.233. The average Bonchev–Trinajstić information content (AvgIpc) is 2.28. The molecule has 0 saturated carbocycles. The first-order chi connectivity index (χ1) is 7.95. The third kappa shape index (κ3) is 3.44. The minimum Gasteiger partial charge on any atom is -0.496 e. The first-order valence-electron chi connectivity index (χ1n) is 4.81. The summed E-state index contributed by atoms with van der Waals surface area (Å²) in [6.07, 6.45) is -0.300. The summed E-state index contributed by atoms with van der Waals surface area (Å²) < 4.78 is 5.00. The summed E-state index contributed by atoms with van der Waals surface area (Å²) in [6, 6.07) is 3.32. The first kappa shape index (κ1) is 13.5. The number of benzene rings is 1. The number of carboxylic acids is 1. The van der Waals surface area contributed by atoms with Crippen molar-refractivity contribution in [3.05, 3.63) is 28.8 Å². The Labute approximate surface area is 103 Å². The summed E-state index contributed by atoms with van der Waals surface area (Å²) >= 11 is 5.76. The van der Waals surface area contributed by atoms with E-state index in [-0.39, 0.29) is 12.0 Å². The molecule has 0 aliphatic rings. The van der Waals surface area contributed by atoms with E-state index in [1.54, 1.807) is 12.1 Å². The van der Waals surface area contributed by atoms with Crippen molar-refractivity contribution in [3.8, 4) is 5.75 Å². The number of methoxy groups -OCH3 is 1. The monoisotopic (exact) mass is 257 g/mol. The van der Waals surface area contributed by atoms with Gasteiger partial charge in [0.15, 0.2) is 5.78 Å². The van der Waals surface area contributed by atoms with E-state index >= 15 is 0 Å². The molecular formula is C11H12ClNO4. The quantitative estimate of drug-likeness (QED) is 0.777. The summed E-state index contributed by atoms with van der Waals surface area (Å²) in [7, 11) is 1.41. The molecule has 0 aliphatic carbocycles. The van der Waals surface area contributed by atoms with Crippen molar-refractivity contribution in [2.24, 2.45) is 5.73 Å². The molecular weight excluding hydrogens is 246 g/mol. The maximum Gasteiger partial charge on any atom is 0.320 e. The summed E-state index contributed by atoms with van der Waals surface area (Å²) in [5, 5.41) is 9.00. The van der Waals surface area contributed by atoms with Crippen LogP contribution in [0, 0.1) is 0 Å². The number of rotatable bonds is 5. The van der Waals surface area contributed by atoms with Crippen LogP contribution in [-0.4, -0.2) is 30.0 Å². The molecule has 1 rings (SSSR count). The van der Waals surface area contributed by atoms with Crippen molar-refractivity contribution in [1.29, 1.82) is 0 Å². The van der Waals surface area contributed by atoms with Crippen molar-refractivity contribution >= 4 is 23.4 Å². The normalized spacial score (nSPS) is 11.9. The zero-order chi connectivity index (χ0) is 13.0. The van der Waals surface area contributed by atoms with Gasteiger partial charge in [-0.15, -0.1) is 0 Å². The maximum atomic E-state index is 11.8. The Balaban J connectivity index is 2.95. The standard InChI is InChI=1S/C11H12ClNO4/c1-17-10-3-2-6(12)4-7(10)9(14)5-8(13)11(15)16/h2-4,8H,5,13H2,1H3,(H,15,16). The summed E-state index contributed by atoms with van der Waals surface area (Å²) in [6.45, 7) is 0. The highest BCUT2D eigenvalue weighted by Gasteiger charge is 2.20. The smallest absolute Gasteiger partial charge is 0.320 e. The number of halogens is 1. The molecule has 6 heteroatoms. The second-order valence-electron chi connectivity index (χ2n) is 3.42. The number of Topliss-reactive ketones (excluding diaryl/α,β-unsaturated/α-hetero) is 1. The topological polar surface area (TPSA) is 89.6 Å². The second-order valence-corrected chi connectivity index (χ2v) is 3.85. The lowest BCUT2D eigenvalue weighted by Gasteiger charge is -2.09. The van der Waals surface area contributed by atoms with E-state index < -0.39 is 17.8 Å². The molecule has 5 nitrogen and oxygen atoms in total. The van der Waals surface area contributed by atoms with Crippen LogP contribution >= 0.6 is 11.6 Å². The largest absolute Gasteiger partial charge is 0.496 e. The van der Waals surface area contributed by atoms with E-state index in [9.17, 15) is 9.59 Å². The number of nitrogens with two attached hydrogens (primary N) is 1. The molecule has 92 valence electrons. The fourth-order valence-corrected chi connectivity index (χ4v) is 1.47. The van der Waals surface area contributed by atoms with Gasteiger partial charge in [-0.05, 0) is 18.2 Å². The van der Waals surface area contributed by atoms with Gasteiger partial charge in [0, 0.05) is 11.4 Å². The van der Waals surface area contributed by atoms with Crippen LogP contribution in [0.5, 0.6) is 5.75 Å². The zero-order valence-corrected chi connectivity index (χ0v) is 9.90. The zero-order valence-electron chi connectivity index (χ0n) is 9.14. The number of ketones is 1. The number of ether oxygens (including phenoxy) is 1. The van der Waals surface area contributed by atoms with Crippen molar-refractivity contribution in [3.63, 3.8) is 0 Å². The van der Waals surface area contributed by atoms with Crippen LogP contribution in [0.25, 0.3) is 0 Å². The van der Waals surface area contributed by atoms with Crippen molar-refractivity contribution in [2.75, 3.05) is 7.11 Å². The van der Waals surface area contributed by atoms with Crippen LogP contribution in [0.2, 0.25) is 5.02 Å². The lowest BCUT2D eigenvalue weighted by atomic mass is 10.0. The van der Waals surface area contributed by atoms with Gasteiger partial charge in [-0.2, -0.15) is 0 Å². The Morgan fingerprint density at radius 3 is 2.71 bits per heavy atom. The predicted molar refractivity (Wildman–Crippen MR) is 62.6 cm³/mol. The van der Waals surface area contributed by atoms with Crippen molar-refractivity contribution in [1.82, 2.24) is 0 Å². The lowest BCUT2D eigenvalue weighted by Crippen LogP contribution is -2.32. The summed E-state index contributed by atoms with van der Waals surface area (Å²) in [5.74, 6) is -1.30. The van der Waals surface area contributed by atoms with Crippen LogP contribution in [-0.2, 0) is 4.79 Å². The summed E-state index contributed by atoms with van der Waals surface area (Å²) in [5.41, 5.74) is 5.52. The Hall–Kier alpha value is -1.59. The van der Waals surface area contributed by atoms with E-state index in [0.29, 0.717) is 10.8 Å². The van der Waals surface area contributed by atoms with E-state index in [0.717, 1.165) is 0 Å². The van der Waals surface area contributed by atoms with Crippen LogP contribution in [0.4, 0.5) is 0 Å². The van der Waals surface area contributed by atoms with E-state index in [1.165, 1.54) is 13.2 Å². The molecule has 0 fully saturated rings. The summed E-state index contributed by atoms with van der Waals surface area (Å²) in [4.78, 5) is 22.4. The molecule has 1 unspecified atom stereocenters. The van der Waals surface area contributed by atoms with Gasteiger partial charge in [0.2, 0.25) is 0 Å². The number of carbonyl (C=O) groups excluding carboxylic acids is 1. The number of hydrogen-bond acceptors (Lipinski definition) is 4. The van der Waals surface area contributed by atoms with Gasteiger partial charge in [0.25, 0.3) is 0 Å². The number of carbonyl (C=O) groups is 2. The Bertz CT molecular complexity index is 447. The van der Waals surface area contributed by atoms with Gasteiger partial charge in [0.05, 0.1) is 12.7 Å². The molecule has 0 aromatic heterocycles. The van der Waals surface area contributed by atoms with Gasteiger partial charge in [0.1, 0.15) is 11.8 Å². The molecule has 1 aromatic rings. The third-order valence-corrected chi connectivity index (χ3v) is 2.42. The molecule has 17 heavy (non-hydrogen) atoms. The first-order valence-corrected chi connectivity index (χ1v) is 5.18. The maximum absolute atomic E-state index is 11.8. The van der Waals surface area contributed by atoms with Crippen LogP contribution in [0.1, 0.15) is 16.8 Å². The van der Waals surface area contributed by atoms with Gasteiger partial charge in [-0.25, -0.2) is 0 Å². The third-order valence-electron chi connectivity index (χ3n) is 2.18. The molecule has 1 atom stereocenters. The van der Waals surface area contributed by atoms with E-state index in [1.807, 2.05) is 0 Å². The van der Waals surface area contributed by atoms with E-state index in [4.69, 9.17) is 27.2 Å². The average molecular weight is 258 g/mol. The molecule has 0 bridgehead atoms. The Kier molecular flexibility index (Phi) is 4.48. The highest BCUT2D eigenvalue weighted by molar-refractivity contribution is 6.31. The lowest BCUT2D eigenvalue weighted by molar-refractivity contribution is -0.138. The van der Waals surface area contributed by atoms with Gasteiger partial charge in [-0.1, -0.05) is 11.6 Å². The van der Waals surface area contributed by atoms with Crippen LogP contribution < -0.4 is 10.5 Å². The van der Waals surface area contributed by atoms with Gasteiger partial charge >= 0.3 is 5.97 Å². The van der Waals surface area contributed by atoms with Crippen molar-refractivity contribution in [2.45, 2.75) is 12.5 Å². The molecule has 3 N–H and O–H groups in total. The molecule has 0 spiro atoms. The molecule has 0 aliphatic heterocycles. The molecule has 0 heterocycles. The van der Waals surface area contributed by atoms with Gasteiger partial charge in [-0.3, -0.25) is 9.59 Å². The van der Waals surface area contributed by atoms with Crippen LogP contribution in [0.3, 0.4) is 0 Å². The Morgan fingerprint density at radius 2 is 2.18 bits per heavy atom.